The first-order chi connectivity index (χ1) is 7.66. The summed E-state index contributed by atoms with van der Waals surface area (Å²) in [7, 11) is -4.97. The van der Waals surface area contributed by atoms with Crippen LogP contribution in [0, 0.1) is 10.1 Å². The zero-order valence-electron chi connectivity index (χ0n) is 7.82. The molecule has 0 bridgehead atoms. The molecule has 1 rings (SSSR count). The van der Waals surface area contributed by atoms with Crippen LogP contribution in [0.2, 0.25) is 0 Å². The standard InChI is InChI=1S/C7H4ClNO6S2/c8-7(10)3-1-2-4(16)5(9(11)12)6(3)17(13,14)15/h1-2,16H,(H,13,14,15). The number of carbonyl (C=O) groups is 1. The summed E-state index contributed by atoms with van der Waals surface area (Å²) in [5.41, 5.74) is -1.68. The van der Waals surface area contributed by atoms with E-state index in [1.54, 1.807) is 0 Å². The van der Waals surface area contributed by atoms with Crippen molar-refractivity contribution in [1.29, 1.82) is 0 Å². The van der Waals surface area contributed by atoms with Gasteiger partial charge >= 0.3 is 15.8 Å². The molecule has 0 fully saturated rings. The van der Waals surface area contributed by atoms with E-state index in [0.29, 0.717) is 0 Å². The SMILES string of the molecule is O=C(Cl)c1ccc(S)c([N+](=O)[O-])c1S(=O)(=O)O. The summed E-state index contributed by atoms with van der Waals surface area (Å²) in [5, 5.41) is 9.45. The van der Waals surface area contributed by atoms with Crippen molar-refractivity contribution in [3.63, 3.8) is 0 Å². The Bertz CT molecular complexity index is 611. The first-order valence-electron chi connectivity index (χ1n) is 3.84. The lowest BCUT2D eigenvalue weighted by Crippen LogP contribution is -2.09. The van der Waals surface area contributed by atoms with Crippen LogP contribution in [0.15, 0.2) is 21.9 Å². The molecule has 0 radical (unpaired) electrons. The average molecular weight is 298 g/mol. The Morgan fingerprint density at radius 1 is 1.47 bits per heavy atom. The van der Waals surface area contributed by atoms with E-state index in [2.05, 4.69) is 12.6 Å². The second kappa shape index (κ2) is 4.61. The fourth-order valence-electron chi connectivity index (χ4n) is 1.15. The Kier molecular flexibility index (Phi) is 3.77. The highest BCUT2D eigenvalue weighted by atomic mass is 35.5. The monoisotopic (exact) mass is 297 g/mol. The molecule has 0 atom stereocenters. The van der Waals surface area contributed by atoms with E-state index in [4.69, 9.17) is 16.2 Å². The van der Waals surface area contributed by atoms with E-state index in [-0.39, 0.29) is 4.90 Å². The fourth-order valence-corrected chi connectivity index (χ4v) is 2.58. The Hall–Kier alpha value is -1.16. The first kappa shape index (κ1) is 13.9. The quantitative estimate of drug-likeness (QED) is 0.287. The average Bonchev–Trinajstić information content (AvgIpc) is 2.14. The van der Waals surface area contributed by atoms with E-state index in [9.17, 15) is 23.3 Å². The van der Waals surface area contributed by atoms with E-state index in [1.807, 2.05) is 0 Å². The normalized spacial score (nSPS) is 11.2. The molecule has 0 aromatic heterocycles. The molecule has 0 spiro atoms. The van der Waals surface area contributed by atoms with Gasteiger partial charge in [0.1, 0.15) is 0 Å². The van der Waals surface area contributed by atoms with Crippen LogP contribution in [-0.4, -0.2) is 23.1 Å². The highest BCUT2D eigenvalue weighted by Crippen LogP contribution is 2.33. The maximum absolute atomic E-state index is 11.0. The minimum absolute atomic E-state index is 0.315. The maximum atomic E-state index is 11.0. The predicted octanol–water partition coefficient (Wildman–Crippen LogP) is 1.51. The van der Waals surface area contributed by atoms with Crippen LogP contribution in [0.4, 0.5) is 5.69 Å². The zero-order chi connectivity index (χ0) is 13.4. The number of carbonyl (C=O) groups excluding carboxylic acids is 1. The van der Waals surface area contributed by atoms with Crippen LogP contribution in [-0.2, 0) is 10.1 Å². The third-order valence-electron chi connectivity index (χ3n) is 1.76. The topological polar surface area (TPSA) is 115 Å². The summed E-state index contributed by atoms with van der Waals surface area (Å²) in [5.74, 6) is 0. The van der Waals surface area contributed by atoms with Gasteiger partial charge in [0.2, 0.25) is 0 Å². The molecule has 0 saturated carbocycles. The van der Waals surface area contributed by atoms with Crippen LogP contribution in [0.25, 0.3) is 0 Å². The van der Waals surface area contributed by atoms with Crippen molar-refractivity contribution in [2.75, 3.05) is 0 Å². The minimum atomic E-state index is -4.97. The first-order valence-corrected chi connectivity index (χ1v) is 6.10. The van der Waals surface area contributed by atoms with Crippen molar-refractivity contribution in [3.8, 4) is 0 Å². The Balaban J connectivity index is 3.88. The molecule has 7 nitrogen and oxygen atoms in total. The molecule has 1 aromatic rings. The fraction of sp³-hybridized carbons (Fsp3) is 0. The van der Waals surface area contributed by atoms with Crippen molar-refractivity contribution < 1.29 is 22.7 Å². The third-order valence-corrected chi connectivity index (χ3v) is 3.26. The number of nitro groups is 1. The molecular weight excluding hydrogens is 294 g/mol. The van der Waals surface area contributed by atoms with Gasteiger partial charge in [-0.15, -0.1) is 12.6 Å². The lowest BCUT2D eigenvalue weighted by molar-refractivity contribution is -0.390. The number of hydrogen-bond donors (Lipinski definition) is 2. The number of nitrogens with zero attached hydrogens (tertiary/aromatic N) is 1. The van der Waals surface area contributed by atoms with Crippen LogP contribution in [0.1, 0.15) is 10.4 Å². The summed E-state index contributed by atoms with van der Waals surface area (Å²) in [6.45, 7) is 0. The molecule has 17 heavy (non-hydrogen) atoms. The molecule has 10 heteroatoms. The van der Waals surface area contributed by atoms with Crippen molar-refractivity contribution in [2.45, 2.75) is 9.79 Å². The number of thiol groups is 1. The van der Waals surface area contributed by atoms with Gasteiger partial charge < -0.3 is 0 Å². The molecule has 92 valence electrons. The second-order valence-electron chi connectivity index (χ2n) is 2.82. The number of rotatable bonds is 3. The van der Waals surface area contributed by atoms with E-state index >= 15 is 0 Å². The summed E-state index contributed by atoms with van der Waals surface area (Å²) in [6.07, 6.45) is 0. The molecule has 1 N–H and O–H groups in total. The van der Waals surface area contributed by atoms with Gasteiger partial charge in [-0.2, -0.15) is 8.42 Å². The lowest BCUT2D eigenvalue weighted by Gasteiger charge is -2.05. The van der Waals surface area contributed by atoms with Crippen LogP contribution in [0.3, 0.4) is 0 Å². The van der Waals surface area contributed by atoms with Crippen molar-refractivity contribution in [1.82, 2.24) is 0 Å². The maximum Gasteiger partial charge on any atom is 0.304 e. The van der Waals surface area contributed by atoms with Gasteiger partial charge in [0, 0.05) is 0 Å². The number of nitro benzene ring substituents is 1. The van der Waals surface area contributed by atoms with E-state index in [1.165, 1.54) is 0 Å². The van der Waals surface area contributed by atoms with Gasteiger partial charge in [-0.3, -0.25) is 19.5 Å². The zero-order valence-corrected chi connectivity index (χ0v) is 10.3. The summed E-state index contributed by atoms with van der Waals surface area (Å²) < 4.78 is 31.0. The van der Waals surface area contributed by atoms with Gasteiger partial charge in [0.15, 0.2) is 4.90 Å². The van der Waals surface area contributed by atoms with Crippen LogP contribution in [0.5, 0.6) is 0 Å². The van der Waals surface area contributed by atoms with E-state index < -0.39 is 36.4 Å². The molecule has 0 aliphatic rings. The van der Waals surface area contributed by atoms with Crippen molar-refractivity contribution in [2.24, 2.45) is 0 Å². The third kappa shape index (κ3) is 2.75. The van der Waals surface area contributed by atoms with Gasteiger partial charge in [-0.1, -0.05) is 0 Å². The van der Waals surface area contributed by atoms with Gasteiger partial charge in [0.25, 0.3) is 5.24 Å². The molecule has 1 aromatic carbocycles. The van der Waals surface area contributed by atoms with Gasteiger partial charge in [-0.05, 0) is 23.7 Å². The molecule has 0 heterocycles. The smallest absolute Gasteiger partial charge is 0.282 e. The highest BCUT2D eigenvalue weighted by molar-refractivity contribution is 7.86. The molecule has 0 aliphatic carbocycles. The summed E-state index contributed by atoms with van der Waals surface area (Å²) in [6, 6.07) is 1.96. The number of benzene rings is 1. The Morgan fingerprint density at radius 3 is 2.35 bits per heavy atom. The number of hydrogen-bond acceptors (Lipinski definition) is 6. The Labute approximate surface area is 106 Å². The minimum Gasteiger partial charge on any atom is -0.282 e. The molecular formula is C7H4ClNO6S2. The van der Waals surface area contributed by atoms with Crippen molar-refractivity contribution in [3.05, 3.63) is 27.8 Å². The summed E-state index contributed by atoms with van der Waals surface area (Å²) in [4.78, 5) is 19.1. The predicted molar refractivity (Wildman–Crippen MR) is 60.3 cm³/mol. The highest BCUT2D eigenvalue weighted by Gasteiger charge is 2.32. The largest absolute Gasteiger partial charge is 0.304 e. The van der Waals surface area contributed by atoms with Crippen LogP contribution < -0.4 is 0 Å². The molecule has 0 saturated heterocycles. The van der Waals surface area contributed by atoms with E-state index in [0.717, 1.165) is 12.1 Å². The Morgan fingerprint density at radius 2 is 2.00 bits per heavy atom. The van der Waals surface area contributed by atoms with Crippen LogP contribution >= 0.6 is 24.2 Å². The second-order valence-corrected chi connectivity index (χ2v) is 5.00. The number of halogens is 1. The van der Waals surface area contributed by atoms with Crippen molar-refractivity contribution >= 4 is 45.3 Å². The van der Waals surface area contributed by atoms with Gasteiger partial charge in [0.05, 0.1) is 15.4 Å². The molecule has 0 aliphatic heterocycles. The van der Waals surface area contributed by atoms with Gasteiger partial charge in [-0.25, -0.2) is 0 Å². The molecule has 0 amide bonds. The molecule has 0 unspecified atom stereocenters. The summed E-state index contributed by atoms with van der Waals surface area (Å²) >= 11 is 8.76. The lowest BCUT2D eigenvalue weighted by atomic mass is 10.2.